The number of nitrogens with two attached hydrogens (primary N) is 1. The van der Waals surface area contributed by atoms with Gasteiger partial charge in [0, 0.05) is 64.4 Å². The standard InChI is InChI=1S/C25H24N4OS/c1-30-23-5-3-2-4-21(23)24-11-10-20(31-24)16-29-13-12-22-18(15-29)14-27-25(28-22)17-6-8-19(26)9-7-17/h2-11,14H,12-13,15-16,26H2,1H3. The Bertz CT molecular complexity index is 1200. The largest absolute Gasteiger partial charge is 0.496 e. The molecule has 1 aliphatic rings. The third kappa shape index (κ3) is 4.17. The number of rotatable bonds is 5. The molecule has 2 N–H and O–H groups in total. The lowest BCUT2D eigenvalue weighted by atomic mass is 10.1. The molecule has 0 radical (unpaired) electrons. The second-order valence-corrected chi connectivity index (χ2v) is 8.88. The molecule has 2 aromatic carbocycles. The predicted molar refractivity (Wildman–Crippen MR) is 126 cm³/mol. The van der Waals surface area contributed by atoms with Gasteiger partial charge in [-0.2, -0.15) is 0 Å². The fourth-order valence-corrected chi connectivity index (χ4v) is 5.04. The van der Waals surface area contributed by atoms with Crippen LogP contribution in [0.15, 0.2) is 66.9 Å². The quantitative estimate of drug-likeness (QED) is 0.452. The van der Waals surface area contributed by atoms with Gasteiger partial charge in [-0.05, 0) is 48.5 Å². The van der Waals surface area contributed by atoms with E-state index in [1.54, 1.807) is 7.11 Å². The molecule has 0 atom stereocenters. The highest BCUT2D eigenvalue weighted by Gasteiger charge is 2.20. The highest BCUT2D eigenvalue weighted by atomic mass is 32.1. The fraction of sp³-hybridized carbons (Fsp3) is 0.200. The van der Waals surface area contributed by atoms with Crippen molar-refractivity contribution >= 4 is 17.0 Å². The van der Waals surface area contributed by atoms with Gasteiger partial charge in [0.25, 0.3) is 0 Å². The van der Waals surface area contributed by atoms with Gasteiger partial charge >= 0.3 is 0 Å². The number of para-hydroxylation sites is 1. The average molecular weight is 429 g/mol. The van der Waals surface area contributed by atoms with Crippen LogP contribution in [0.2, 0.25) is 0 Å². The Labute approximate surface area is 186 Å². The van der Waals surface area contributed by atoms with Gasteiger partial charge in [0.1, 0.15) is 5.75 Å². The van der Waals surface area contributed by atoms with Gasteiger partial charge in [-0.1, -0.05) is 12.1 Å². The van der Waals surface area contributed by atoms with Crippen molar-refractivity contribution < 1.29 is 4.74 Å². The van der Waals surface area contributed by atoms with Gasteiger partial charge in [-0.15, -0.1) is 11.3 Å². The van der Waals surface area contributed by atoms with Crippen LogP contribution >= 0.6 is 11.3 Å². The molecule has 6 heteroatoms. The van der Waals surface area contributed by atoms with E-state index in [1.165, 1.54) is 15.3 Å². The van der Waals surface area contributed by atoms with Crippen molar-refractivity contribution in [3.8, 4) is 27.6 Å². The Kier molecular flexibility index (Phi) is 5.40. The molecule has 0 amide bonds. The number of hydrogen-bond acceptors (Lipinski definition) is 6. The highest BCUT2D eigenvalue weighted by molar-refractivity contribution is 7.15. The Morgan fingerprint density at radius 3 is 2.74 bits per heavy atom. The summed E-state index contributed by atoms with van der Waals surface area (Å²) in [4.78, 5) is 14.5. The first kappa shape index (κ1) is 19.7. The molecule has 0 aliphatic carbocycles. The maximum Gasteiger partial charge on any atom is 0.159 e. The maximum atomic E-state index is 5.79. The summed E-state index contributed by atoms with van der Waals surface area (Å²) in [6.45, 7) is 2.80. The summed E-state index contributed by atoms with van der Waals surface area (Å²) in [5, 5.41) is 0. The number of fused-ring (bicyclic) bond motifs is 1. The molecule has 1 aliphatic heterocycles. The van der Waals surface area contributed by atoms with Crippen LogP contribution in [0.25, 0.3) is 21.8 Å². The van der Waals surface area contributed by atoms with Crippen LogP contribution in [0.5, 0.6) is 5.75 Å². The molecule has 3 heterocycles. The Morgan fingerprint density at radius 2 is 1.90 bits per heavy atom. The van der Waals surface area contributed by atoms with E-state index in [1.807, 2.05) is 53.9 Å². The number of hydrogen-bond donors (Lipinski definition) is 1. The monoisotopic (exact) mass is 428 g/mol. The van der Waals surface area contributed by atoms with E-state index in [0.29, 0.717) is 0 Å². The van der Waals surface area contributed by atoms with Crippen molar-refractivity contribution in [2.45, 2.75) is 19.5 Å². The van der Waals surface area contributed by atoms with E-state index in [0.717, 1.165) is 60.1 Å². The molecule has 5 nitrogen and oxygen atoms in total. The van der Waals surface area contributed by atoms with E-state index >= 15 is 0 Å². The Balaban J connectivity index is 1.29. The second-order valence-electron chi connectivity index (χ2n) is 7.71. The normalized spacial score (nSPS) is 13.7. The zero-order valence-corrected chi connectivity index (χ0v) is 18.2. The van der Waals surface area contributed by atoms with Crippen molar-refractivity contribution in [1.82, 2.24) is 14.9 Å². The molecular weight excluding hydrogens is 404 g/mol. The van der Waals surface area contributed by atoms with Gasteiger partial charge in [0.15, 0.2) is 5.82 Å². The molecule has 4 aromatic rings. The molecule has 0 spiro atoms. The Hall–Kier alpha value is -3.22. The first-order chi connectivity index (χ1) is 15.2. The minimum atomic E-state index is 0.750. The van der Waals surface area contributed by atoms with E-state index in [4.69, 9.17) is 15.5 Å². The maximum absolute atomic E-state index is 5.79. The van der Waals surface area contributed by atoms with E-state index < -0.39 is 0 Å². The molecule has 156 valence electrons. The lowest BCUT2D eigenvalue weighted by Crippen LogP contribution is -2.30. The first-order valence-corrected chi connectivity index (χ1v) is 11.2. The zero-order valence-electron chi connectivity index (χ0n) is 17.4. The number of anilines is 1. The first-order valence-electron chi connectivity index (χ1n) is 10.3. The molecule has 0 fully saturated rings. The lowest BCUT2D eigenvalue weighted by Gasteiger charge is -2.27. The number of methoxy groups -OCH3 is 1. The van der Waals surface area contributed by atoms with Crippen molar-refractivity contribution in [3.05, 3.63) is 83.0 Å². The van der Waals surface area contributed by atoms with Gasteiger partial charge in [0.05, 0.1) is 12.8 Å². The van der Waals surface area contributed by atoms with Crippen molar-refractivity contribution in [1.29, 1.82) is 0 Å². The third-order valence-corrected chi connectivity index (χ3v) is 6.70. The minimum absolute atomic E-state index is 0.750. The van der Waals surface area contributed by atoms with Crippen molar-refractivity contribution in [3.63, 3.8) is 0 Å². The molecule has 31 heavy (non-hydrogen) atoms. The highest BCUT2D eigenvalue weighted by Crippen LogP contribution is 2.35. The van der Waals surface area contributed by atoms with E-state index in [9.17, 15) is 0 Å². The number of aromatic nitrogens is 2. The van der Waals surface area contributed by atoms with Crippen LogP contribution < -0.4 is 10.5 Å². The molecule has 5 rings (SSSR count). The lowest BCUT2D eigenvalue weighted by molar-refractivity contribution is 0.245. The zero-order chi connectivity index (χ0) is 21.2. The predicted octanol–water partition coefficient (Wildman–Crippen LogP) is 5.02. The summed E-state index contributed by atoms with van der Waals surface area (Å²) >= 11 is 1.83. The van der Waals surface area contributed by atoms with Gasteiger partial charge in [-0.25, -0.2) is 9.97 Å². The summed E-state index contributed by atoms with van der Waals surface area (Å²) in [7, 11) is 1.72. The average Bonchev–Trinajstić information content (AvgIpc) is 3.27. The number of benzene rings is 2. The molecular formula is C25H24N4OS. The van der Waals surface area contributed by atoms with Crippen LogP contribution in [0.3, 0.4) is 0 Å². The topological polar surface area (TPSA) is 64.3 Å². The molecule has 0 bridgehead atoms. The minimum Gasteiger partial charge on any atom is -0.496 e. The molecule has 0 saturated heterocycles. The second kappa shape index (κ2) is 8.49. The number of ether oxygens (including phenoxy) is 1. The van der Waals surface area contributed by atoms with Crippen LogP contribution in [-0.2, 0) is 19.5 Å². The van der Waals surface area contributed by atoms with Crippen molar-refractivity contribution in [2.75, 3.05) is 19.4 Å². The van der Waals surface area contributed by atoms with E-state index in [2.05, 4.69) is 34.1 Å². The van der Waals surface area contributed by atoms with Gasteiger partial charge in [-0.3, -0.25) is 4.90 Å². The Morgan fingerprint density at radius 1 is 1.06 bits per heavy atom. The summed E-state index contributed by atoms with van der Waals surface area (Å²) in [5.74, 6) is 1.68. The van der Waals surface area contributed by atoms with Crippen molar-refractivity contribution in [2.24, 2.45) is 0 Å². The van der Waals surface area contributed by atoms with E-state index in [-0.39, 0.29) is 0 Å². The third-order valence-electron chi connectivity index (χ3n) is 5.60. The fourth-order valence-electron chi connectivity index (χ4n) is 3.96. The molecule has 0 saturated carbocycles. The molecule has 2 aromatic heterocycles. The summed E-state index contributed by atoms with van der Waals surface area (Å²) in [5.41, 5.74) is 11.1. The molecule has 0 unspecified atom stereocenters. The SMILES string of the molecule is COc1ccccc1-c1ccc(CN2CCc3nc(-c4ccc(N)cc4)ncc3C2)s1. The van der Waals surface area contributed by atoms with Crippen LogP contribution in [-0.4, -0.2) is 28.5 Å². The number of nitrogens with zero attached hydrogens (tertiary/aromatic N) is 3. The number of thiophene rings is 1. The van der Waals surface area contributed by atoms with Crippen LogP contribution in [0, 0.1) is 0 Å². The number of nitrogen functional groups attached to an aromatic ring is 1. The summed E-state index contributed by atoms with van der Waals surface area (Å²) in [6.07, 6.45) is 2.92. The summed E-state index contributed by atoms with van der Waals surface area (Å²) in [6, 6.07) is 20.3. The van der Waals surface area contributed by atoms with Crippen LogP contribution in [0.4, 0.5) is 5.69 Å². The van der Waals surface area contributed by atoms with Gasteiger partial charge < -0.3 is 10.5 Å². The van der Waals surface area contributed by atoms with Gasteiger partial charge in [0.2, 0.25) is 0 Å². The smallest absolute Gasteiger partial charge is 0.159 e. The summed E-state index contributed by atoms with van der Waals surface area (Å²) < 4.78 is 5.52. The van der Waals surface area contributed by atoms with Crippen LogP contribution in [0.1, 0.15) is 16.1 Å².